The zero-order valence-corrected chi connectivity index (χ0v) is 11.7. The Bertz CT molecular complexity index is 784. The highest BCUT2D eigenvalue weighted by molar-refractivity contribution is 7.14. The molecule has 0 fully saturated rings. The summed E-state index contributed by atoms with van der Waals surface area (Å²) in [5, 5.41) is 7.69. The molecule has 0 aliphatic rings. The van der Waals surface area contributed by atoms with Crippen LogP contribution >= 0.6 is 22.9 Å². The molecule has 8 heteroatoms. The number of nitrogens with zero attached hydrogens (tertiary/aromatic N) is 4. The van der Waals surface area contributed by atoms with Gasteiger partial charge in [-0.15, -0.1) is 11.3 Å². The number of fused-ring (bicyclic) bond motifs is 1. The third-order valence-electron chi connectivity index (χ3n) is 2.51. The van der Waals surface area contributed by atoms with E-state index in [9.17, 15) is 0 Å². The van der Waals surface area contributed by atoms with E-state index < -0.39 is 0 Å². The highest BCUT2D eigenvalue weighted by Gasteiger charge is 2.01. The van der Waals surface area contributed by atoms with E-state index in [1.807, 2.05) is 18.2 Å². The molecule has 0 saturated carbocycles. The first kappa shape index (κ1) is 12.8. The van der Waals surface area contributed by atoms with Gasteiger partial charge in [-0.1, -0.05) is 17.7 Å². The van der Waals surface area contributed by atoms with Crippen molar-refractivity contribution in [2.75, 3.05) is 11.2 Å². The van der Waals surface area contributed by atoms with E-state index in [4.69, 9.17) is 17.3 Å². The number of benzene rings is 1. The highest BCUT2D eigenvalue weighted by atomic mass is 35.5. The number of thiazole rings is 1. The molecule has 3 rings (SSSR count). The number of rotatable bonds is 3. The molecular weight excluding hydrogens is 296 g/mol. The Balaban J connectivity index is 1.82. The molecule has 2 aromatic heterocycles. The molecule has 0 saturated heterocycles. The lowest BCUT2D eigenvalue weighted by molar-refractivity contribution is 1.22. The fourth-order valence-electron chi connectivity index (χ4n) is 1.62. The summed E-state index contributed by atoms with van der Waals surface area (Å²) in [7, 11) is 0. The summed E-state index contributed by atoms with van der Waals surface area (Å²) in [6.07, 6.45) is 3.10. The zero-order chi connectivity index (χ0) is 13.9. The van der Waals surface area contributed by atoms with Gasteiger partial charge in [0, 0.05) is 10.8 Å². The molecule has 0 aliphatic carbocycles. The molecule has 100 valence electrons. The van der Waals surface area contributed by atoms with Crippen molar-refractivity contribution in [3.63, 3.8) is 0 Å². The fourth-order valence-corrected chi connectivity index (χ4v) is 2.37. The van der Waals surface area contributed by atoms with Crippen LogP contribution < -0.4 is 11.2 Å². The van der Waals surface area contributed by atoms with Crippen molar-refractivity contribution in [1.29, 1.82) is 0 Å². The quantitative estimate of drug-likeness (QED) is 0.441. The molecule has 2 heterocycles. The van der Waals surface area contributed by atoms with E-state index >= 15 is 0 Å². The molecule has 0 aliphatic heterocycles. The Morgan fingerprint density at radius 2 is 2.25 bits per heavy atom. The number of hydrogen-bond donors (Lipinski definition) is 2. The summed E-state index contributed by atoms with van der Waals surface area (Å²) >= 11 is 7.42. The lowest BCUT2D eigenvalue weighted by Crippen LogP contribution is -1.92. The van der Waals surface area contributed by atoms with Crippen LogP contribution in [-0.4, -0.2) is 21.2 Å². The number of halogens is 1. The van der Waals surface area contributed by atoms with E-state index in [0.717, 1.165) is 16.5 Å². The number of aromatic nitrogens is 3. The van der Waals surface area contributed by atoms with Crippen molar-refractivity contribution in [3.05, 3.63) is 40.6 Å². The third kappa shape index (κ3) is 2.68. The first-order valence-electron chi connectivity index (χ1n) is 5.63. The van der Waals surface area contributed by atoms with Crippen molar-refractivity contribution in [1.82, 2.24) is 15.0 Å². The predicted molar refractivity (Wildman–Crippen MR) is 82.3 cm³/mol. The number of nitrogens with one attached hydrogen (secondary N) is 1. The van der Waals surface area contributed by atoms with Gasteiger partial charge in [0.05, 0.1) is 11.7 Å². The van der Waals surface area contributed by atoms with Gasteiger partial charge in [0.25, 0.3) is 0 Å². The molecule has 3 N–H and O–H groups in total. The molecule has 0 atom stereocenters. The van der Waals surface area contributed by atoms with Crippen molar-refractivity contribution in [3.8, 4) is 0 Å². The van der Waals surface area contributed by atoms with Gasteiger partial charge in [-0.05, 0) is 17.7 Å². The second kappa shape index (κ2) is 5.40. The second-order valence-electron chi connectivity index (χ2n) is 3.89. The smallest absolute Gasteiger partial charge is 0.205 e. The minimum atomic E-state index is 0.422. The van der Waals surface area contributed by atoms with Gasteiger partial charge in [0.15, 0.2) is 0 Å². The summed E-state index contributed by atoms with van der Waals surface area (Å²) in [6.45, 7) is 0. The maximum Gasteiger partial charge on any atom is 0.205 e. The van der Waals surface area contributed by atoms with Crippen LogP contribution in [0.4, 0.5) is 10.9 Å². The number of hydrazone groups is 1. The van der Waals surface area contributed by atoms with Gasteiger partial charge >= 0.3 is 0 Å². The van der Waals surface area contributed by atoms with E-state index in [-0.39, 0.29) is 0 Å². The fraction of sp³-hybridized carbons (Fsp3) is 0. The van der Waals surface area contributed by atoms with Crippen LogP contribution in [0.3, 0.4) is 0 Å². The van der Waals surface area contributed by atoms with Crippen molar-refractivity contribution in [2.24, 2.45) is 5.10 Å². The first-order chi connectivity index (χ1) is 9.72. The molecule has 0 unspecified atom stereocenters. The molecule has 0 spiro atoms. The largest absolute Gasteiger partial charge is 0.383 e. The van der Waals surface area contributed by atoms with Gasteiger partial charge < -0.3 is 5.73 Å². The lowest BCUT2D eigenvalue weighted by atomic mass is 10.2. The van der Waals surface area contributed by atoms with E-state index in [1.54, 1.807) is 11.6 Å². The first-order valence-corrected chi connectivity index (χ1v) is 6.88. The Kier molecular flexibility index (Phi) is 3.44. The zero-order valence-electron chi connectivity index (χ0n) is 10.1. The number of anilines is 2. The van der Waals surface area contributed by atoms with Gasteiger partial charge in [0.1, 0.15) is 17.3 Å². The molecule has 6 nitrogen and oxygen atoms in total. The van der Waals surface area contributed by atoms with E-state index in [2.05, 4.69) is 25.5 Å². The predicted octanol–water partition coefficient (Wildman–Crippen LogP) is 2.77. The van der Waals surface area contributed by atoms with Crippen LogP contribution in [0.5, 0.6) is 0 Å². The topological polar surface area (TPSA) is 89.1 Å². The minimum Gasteiger partial charge on any atom is -0.383 e. The molecule has 1 aromatic carbocycles. The Hall–Kier alpha value is -2.25. The number of hydrogen-bond acceptors (Lipinski definition) is 7. The Labute approximate surface area is 123 Å². The molecule has 0 radical (unpaired) electrons. The average molecular weight is 305 g/mol. The number of nitrogen functional groups attached to an aromatic ring is 1. The molecular formula is C12H9ClN6S. The normalized spacial score (nSPS) is 11.2. The average Bonchev–Trinajstić information content (AvgIpc) is 2.85. The maximum atomic E-state index is 6.03. The van der Waals surface area contributed by atoms with Crippen molar-refractivity contribution in [2.45, 2.75) is 0 Å². The highest BCUT2D eigenvalue weighted by Crippen LogP contribution is 2.20. The van der Waals surface area contributed by atoms with Gasteiger partial charge in [0.2, 0.25) is 5.13 Å². The van der Waals surface area contributed by atoms with Crippen LogP contribution in [0.2, 0.25) is 5.15 Å². The summed E-state index contributed by atoms with van der Waals surface area (Å²) in [5.74, 6) is 0.474. The molecule has 3 aromatic rings. The SMILES string of the molecule is Nc1csc(NN=Cc2ccc3ncnc(Cl)c3c2)n1. The Morgan fingerprint density at radius 1 is 1.35 bits per heavy atom. The monoisotopic (exact) mass is 304 g/mol. The summed E-state index contributed by atoms with van der Waals surface area (Å²) in [6, 6.07) is 5.64. The van der Waals surface area contributed by atoms with Crippen molar-refractivity contribution < 1.29 is 0 Å². The summed E-state index contributed by atoms with van der Waals surface area (Å²) in [5.41, 5.74) is 10.0. The van der Waals surface area contributed by atoms with Gasteiger partial charge in [-0.3, -0.25) is 5.43 Å². The Morgan fingerprint density at radius 3 is 3.05 bits per heavy atom. The second-order valence-corrected chi connectivity index (χ2v) is 5.10. The molecule has 0 bridgehead atoms. The van der Waals surface area contributed by atoms with Gasteiger partial charge in [-0.25, -0.2) is 15.0 Å². The lowest BCUT2D eigenvalue weighted by Gasteiger charge is -2.00. The van der Waals surface area contributed by atoms with Gasteiger partial charge in [-0.2, -0.15) is 5.10 Å². The summed E-state index contributed by atoms with van der Waals surface area (Å²) in [4.78, 5) is 12.1. The van der Waals surface area contributed by atoms with E-state index in [1.165, 1.54) is 17.7 Å². The van der Waals surface area contributed by atoms with Crippen LogP contribution in [0.1, 0.15) is 5.56 Å². The van der Waals surface area contributed by atoms with Crippen LogP contribution in [0, 0.1) is 0 Å². The summed E-state index contributed by atoms with van der Waals surface area (Å²) < 4.78 is 0. The minimum absolute atomic E-state index is 0.422. The molecule has 20 heavy (non-hydrogen) atoms. The van der Waals surface area contributed by atoms with Crippen LogP contribution in [0.25, 0.3) is 10.9 Å². The maximum absolute atomic E-state index is 6.03. The van der Waals surface area contributed by atoms with Crippen LogP contribution in [0.15, 0.2) is 35.0 Å². The standard InChI is InChI=1S/C12H9ClN6S/c13-11-8-3-7(1-2-9(8)15-6-16-11)4-17-19-12-18-10(14)5-20-12/h1-6H,14H2,(H,18,19). The van der Waals surface area contributed by atoms with Crippen LogP contribution in [-0.2, 0) is 0 Å². The number of nitrogens with two attached hydrogens (primary N) is 1. The van der Waals surface area contributed by atoms with E-state index in [0.29, 0.717) is 16.1 Å². The third-order valence-corrected chi connectivity index (χ3v) is 3.57. The molecule has 0 amide bonds. The van der Waals surface area contributed by atoms with Crippen molar-refractivity contribution >= 4 is 51.0 Å².